The minimum Gasteiger partial charge on any atom is -0.462 e. The first-order valence-corrected chi connectivity index (χ1v) is 9.58. The molecule has 1 aliphatic rings. The van der Waals surface area contributed by atoms with Gasteiger partial charge in [-0.05, 0) is 44.0 Å². The Morgan fingerprint density at radius 1 is 1.24 bits per heavy atom. The fourth-order valence-corrected chi connectivity index (χ4v) is 3.79. The standard InChI is InChI=1S/C20H21N5O4/c1-2-29-20(26)16-13-15(6-7-17(16)25(27)28)23-11-8-14(9-12-23)19-22-21-18-5-3-4-10-24(18)19/h3-7,10,13-14H,2,8-9,11-12H2,1H3. The van der Waals surface area contributed by atoms with Crippen molar-refractivity contribution >= 4 is 23.0 Å². The van der Waals surface area contributed by atoms with E-state index in [0.29, 0.717) is 0 Å². The summed E-state index contributed by atoms with van der Waals surface area (Å²) in [5, 5.41) is 19.9. The zero-order chi connectivity index (χ0) is 20.4. The van der Waals surface area contributed by atoms with Gasteiger partial charge in [0.2, 0.25) is 0 Å². The summed E-state index contributed by atoms with van der Waals surface area (Å²) in [5.41, 5.74) is 1.36. The molecule has 0 bridgehead atoms. The van der Waals surface area contributed by atoms with Gasteiger partial charge in [-0.25, -0.2) is 4.79 Å². The van der Waals surface area contributed by atoms with Crippen LogP contribution in [0.2, 0.25) is 0 Å². The highest BCUT2D eigenvalue weighted by Crippen LogP contribution is 2.32. The van der Waals surface area contributed by atoms with Gasteiger partial charge in [0.1, 0.15) is 11.4 Å². The third kappa shape index (κ3) is 3.63. The van der Waals surface area contributed by atoms with Crippen LogP contribution in [0.5, 0.6) is 0 Å². The maximum Gasteiger partial charge on any atom is 0.345 e. The Bertz CT molecular complexity index is 1060. The van der Waals surface area contributed by atoms with E-state index in [1.165, 1.54) is 6.07 Å². The molecule has 29 heavy (non-hydrogen) atoms. The molecule has 0 spiro atoms. The predicted molar refractivity (Wildman–Crippen MR) is 106 cm³/mol. The van der Waals surface area contributed by atoms with E-state index in [4.69, 9.17) is 4.74 Å². The highest BCUT2D eigenvalue weighted by molar-refractivity contribution is 5.95. The normalized spacial score (nSPS) is 14.9. The maximum atomic E-state index is 12.2. The van der Waals surface area contributed by atoms with Crippen LogP contribution in [0, 0.1) is 10.1 Å². The highest BCUT2D eigenvalue weighted by atomic mass is 16.6. The molecule has 3 heterocycles. The fraction of sp³-hybridized carbons (Fsp3) is 0.350. The number of aromatic nitrogens is 3. The molecule has 0 saturated carbocycles. The first-order valence-electron chi connectivity index (χ1n) is 9.58. The van der Waals surface area contributed by atoms with Crippen LogP contribution < -0.4 is 4.90 Å². The van der Waals surface area contributed by atoms with Gasteiger partial charge in [0.05, 0.1) is 11.5 Å². The number of nitro benzene ring substituents is 1. The first-order chi connectivity index (χ1) is 14.1. The Kier molecular flexibility index (Phi) is 5.11. The van der Waals surface area contributed by atoms with Crippen molar-refractivity contribution in [3.8, 4) is 0 Å². The number of nitro groups is 1. The molecule has 1 aliphatic heterocycles. The summed E-state index contributed by atoms with van der Waals surface area (Å²) in [6.45, 7) is 3.35. The summed E-state index contributed by atoms with van der Waals surface area (Å²) < 4.78 is 7.01. The van der Waals surface area contributed by atoms with Gasteiger partial charge in [0, 0.05) is 37.0 Å². The molecule has 9 heteroatoms. The second-order valence-electron chi connectivity index (χ2n) is 6.93. The highest BCUT2D eigenvalue weighted by Gasteiger charge is 2.27. The number of pyridine rings is 1. The van der Waals surface area contributed by atoms with Gasteiger partial charge >= 0.3 is 5.97 Å². The minimum absolute atomic E-state index is 0.0140. The number of anilines is 1. The zero-order valence-corrected chi connectivity index (χ0v) is 16.0. The molecule has 1 fully saturated rings. The fourth-order valence-electron chi connectivity index (χ4n) is 3.79. The third-order valence-corrected chi connectivity index (χ3v) is 5.24. The summed E-state index contributed by atoms with van der Waals surface area (Å²) >= 11 is 0. The molecule has 4 rings (SSSR count). The first kappa shape index (κ1) is 18.9. The van der Waals surface area contributed by atoms with E-state index in [1.54, 1.807) is 19.1 Å². The Hall–Kier alpha value is -3.49. The van der Waals surface area contributed by atoms with Gasteiger partial charge in [0.25, 0.3) is 5.69 Å². The summed E-state index contributed by atoms with van der Waals surface area (Å²) in [7, 11) is 0. The molecule has 0 N–H and O–H groups in total. The Morgan fingerprint density at radius 3 is 2.76 bits per heavy atom. The van der Waals surface area contributed by atoms with Crippen molar-refractivity contribution in [3.05, 3.63) is 64.1 Å². The summed E-state index contributed by atoms with van der Waals surface area (Å²) in [4.78, 5) is 25.0. The van der Waals surface area contributed by atoms with E-state index >= 15 is 0 Å². The molecule has 0 amide bonds. The average molecular weight is 395 g/mol. The molecule has 150 valence electrons. The smallest absolute Gasteiger partial charge is 0.345 e. The molecule has 0 radical (unpaired) electrons. The van der Waals surface area contributed by atoms with E-state index in [0.717, 1.165) is 43.1 Å². The number of piperidine rings is 1. The van der Waals surface area contributed by atoms with Gasteiger partial charge in [-0.2, -0.15) is 0 Å². The predicted octanol–water partition coefficient (Wildman–Crippen LogP) is 3.20. The summed E-state index contributed by atoms with van der Waals surface area (Å²) in [6.07, 6.45) is 3.72. The van der Waals surface area contributed by atoms with E-state index in [9.17, 15) is 14.9 Å². The van der Waals surface area contributed by atoms with E-state index in [2.05, 4.69) is 15.1 Å². The van der Waals surface area contributed by atoms with Gasteiger partial charge in [-0.3, -0.25) is 14.5 Å². The number of hydrogen-bond donors (Lipinski definition) is 0. The Morgan fingerprint density at radius 2 is 2.03 bits per heavy atom. The van der Waals surface area contributed by atoms with Crippen molar-refractivity contribution in [1.82, 2.24) is 14.6 Å². The van der Waals surface area contributed by atoms with Crippen molar-refractivity contribution in [1.29, 1.82) is 0 Å². The summed E-state index contributed by atoms with van der Waals surface area (Å²) in [6, 6.07) is 10.4. The maximum absolute atomic E-state index is 12.2. The van der Waals surface area contributed by atoms with Crippen LogP contribution in [0.4, 0.5) is 11.4 Å². The number of ether oxygens (including phenoxy) is 1. The molecule has 0 aliphatic carbocycles. The average Bonchev–Trinajstić information content (AvgIpc) is 3.18. The van der Waals surface area contributed by atoms with Gasteiger partial charge in [-0.15, -0.1) is 10.2 Å². The van der Waals surface area contributed by atoms with Crippen molar-refractivity contribution in [2.75, 3.05) is 24.6 Å². The lowest BCUT2D eigenvalue weighted by Crippen LogP contribution is -2.33. The number of rotatable bonds is 5. The number of carbonyl (C=O) groups excluding carboxylic acids is 1. The molecule has 0 atom stereocenters. The lowest BCUT2D eigenvalue weighted by Gasteiger charge is -2.33. The van der Waals surface area contributed by atoms with Gasteiger partial charge in [0.15, 0.2) is 5.65 Å². The number of fused-ring (bicyclic) bond motifs is 1. The second kappa shape index (κ2) is 7.86. The third-order valence-electron chi connectivity index (χ3n) is 5.24. The van der Waals surface area contributed by atoms with Crippen LogP contribution >= 0.6 is 0 Å². The van der Waals surface area contributed by atoms with Crippen LogP contribution in [0.15, 0.2) is 42.6 Å². The molecule has 1 aromatic carbocycles. The lowest BCUT2D eigenvalue weighted by atomic mass is 9.95. The monoisotopic (exact) mass is 395 g/mol. The number of benzene rings is 1. The molecule has 1 saturated heterocycles. The summed E-state index contributed by atoms with van der Waals surface area (Å²) in [5.74, 6) is 0.563. The SMILES string of the molecule is CCOC(=O)c1cc(N2CCC(c3nnc4ccccn34)CC2)ccc1[N+](=O)[O-]. The lowest BCUT2D eigenvalue weighted by molar-refractivity contribution is -0.385. The Labute approximate surface area is 167 Å². The van der Waals surface area contributed by atoms with Crippen LogP contribution in [-0.2, 0) is 4.74 Å². The second-order valence-corrected chi connectivity index (χ2v) is 6.93. The number of hydrogen-bond acceptors (Lipinski definition) is 7. The van der Waals surface area contributed by atoms with Crippen molar-refractivity contribution < 1.29 is 14.5 Å². The van der Waals surface area contributed by atoms with Crippen molar-refractivity contribution in [2.45, 2.75) is 25.7 Å². The van der Waals surface area contributed by atoms with Crippen LogP contribution in [-0.4, -0.2) is 45.2 Å². The van der Waals surface area contributed by atoms with E-state index in [1.807, 2.05) is 28.8 Å². The largest absolute Gasteiger partial charge is 0.462 e. The van der Waals surface area contributed by atoms with Crippen LogP contribution in [0.1, 0.15) is 41.9 Å². The molecular formula is C20H21N5O4. The molecule has 3 aromatic rings. The van der Waals surface area contributed by atoms with E-state index in [-0.39, 0.29) is 23.8 Å². The number of carbonyl (C=O) groups is 1. The van der Waals surface area contributed by atoms with Gasteiger partial charge < -0.3 is 9.64 Å². The van der Waals surface area contributed by atoms with E-state index < -0.39 is 10.9 Å². The minimum atomic E-state index is -0.675. The topological polar surface area (TPSA) is 103 Å². The molecule has 9 nitrogen and oxygen atoms in total. The van der Waals surface area contributed by atoms with Crippen LogP contribution in [0.25, 0.3) is 5.65 Å². The number of nitrogens with zero attached hydrogens (tertiary/aromatic N) is 5. The quantitative estimate of drug-likeness (QED) is 0.371. The van der Waals surface area contributed by atoms with Crippen LogP contribution in [0.3, 0.4) is 0 Å². The molecule has 2 aromatic heterocycles. The zero-order valence-electron chi connectivity index (χ0n) is 16.0. The van der Waals surface area contributed by atoms with Crippen molar-refractivity contribution in [3.63, 3.8) is 0 Å². The molecule has 0 unspecified atom stereocenters. The Balaban J connectivity index is 1.53. The van der Waals surface area contributed by atoms with Crippen molar-refractivity contribution in [2.24, 2.45) is 0 Å². The van der Waals surface area contributed by atoms with Gasteiger partial charge in [-0.1, -0.05) is 6.07 Å². The molecular weight excluding hydrogens is 374 g/mol. The number of esters is 1.